The Labute approximate surface area is 156 Å². The predicted octanol–water partition coefficient (Wildman–Crippen LogP) is 3.93. The number of unbranched alkanes of at least 4 members (excludes halogenated alkanes) is 1. The zero-order valence-electron chi connectivity index (χ0n) is 16.2. The van der Waals surface area contributed by atoms with Crippen molar-refractivity contribution >= 4 is 0 Å². The lowest BCUT2D eigenvalue weighted by Gasteiger charge is -2.29. The van der Waals surface area contributed by atoms with Gasteiger partial charge in [-0.15, -0.1) is 0 Å². The van der Waals surface area contributed by atoms with E-state index in [2.05, 4.69) is 0 Å². The maximum Gasteiger partial charge on any atom is 0.224 e. The van der Waals surface area contributed by atoms with Gasteiger partial charge in [-0.1, -0.05) is 37.6 Å². The van der Waals surface area contributed by atoms with Crippen LogP contribution in [0, 0.1) is 10.1 Å². The van der Waals surface area contributed by atoms with E-state index in [-0.39, 0.29) is 11.5 Å². The molecule has 6 nitrogen and oxygen atoms in total. The number of ether oxygens (including phenoxy) is 2. The fourth-order valence-corrected chi connectivity index (χ4v) is 3.16. The Morgan fingerprint density at radius 2 is 1.69 bits per heavy atom. The van der Waals surface area contributed by atoms with Gasteiger partial charge in [0, 0.05) is 31.2 Å². The van der Waals surface area contributed by atoms with Crippen LogP contribution in [0.1, 0.15) is 63.5 Å². The Kier molecular flexibility index (Phi) is 11.1. The second kappa shape index (κ2) is 12.8. The molecule has 0 radical (unpaired) electrons. The van der Waals surface area contributed by atoms with E-state index < -0.39 is 18.2 Å². The smallest absolute Gasteiger partial charge is 0.224 e. The van der Waals surface area contributed by atoms with Crippen LogP contribution in [0.15, 0.2) is 24.3 Å². The van der Waals surface area contributed by atoms with Crippen molar-refractivity contribution in [2.45, 2.75) is 71.1 Å². The highest BCUT2D eigenvalue weighted by Gasteiger charge is 2.39. The van der Waals surface area contributed by atoms with Crippen molar-refractivity contribution in [3.8, 4) is 0 Å². The number of aliphatic hydroxyl groups is 1. The Balaban J connectivity index is 3.17. The summed E-state index contributed by atoms with van der Waals surface area (Å²) in [5.41, 5.74) is 1.97. The van der Waals surface area contributed by atoms with Crippen molar-refractivity contribution in [3.05, 3.63) is 45.5 Å². The van der Waals surface area contributed by atoms with E-state index in [1.54, 1.807) is 0 Å². The summed E-state index contributed by atoms with van der Waals surface area (Å²) in [6.07, 6.45) is 3.05. The summed E-state index contributed by atoms with van der Waals surface area (Å²) in [6, 6.07) is 7.07. The zero-order chi connectivity index (χ0) is 19.4. The molecular weight excluding hydrogens is 334 g/mol. The highest BCUT2D eigenvalue weighted by molar-refractivity contribution is 5.27. The van der Waals surface area contributed by atoms with Crippen LogP contribution < -0.4 is 0 Å². The molecule has 1 aromatic rings. The number of aliphatic hydroxyl groups excluding tert-OH is 1. The molecule has 1 aromatic carbocycles. The summed E-state index contributed by atoms with van der Waals surface area (Å²) in [5, 5.41) is 20.8. The summed E-state index contributed by atoms with van der Waals surface area (Å²) in [6.45, 7) is 6.80. The molecule has 0 aromatic heterocycles. The number of nitrogens with zero attached hydrogens (tertiary/aromatic N) is 1. The number of hydrogen-bond acceptors (Lipinski definition) is 5. The molecule has 6 heteroatoms. The quantitative estimate of drug-likeness (QED) is 0.306. The maximum absolute atomic E-state index is 11.8. The molecule has 1 N–H and O–H groups in total. The molecule has 0 saturated carbocycles. The van der Waals surface area contributed by atoms with E-state index in [9.17, 15) is 10.1 Å². The standard InChI is InChI=1S/C20H33NO5/c1-4-7-10-18(21(23)24)19(20(25-5-2)26-6-3)17-13-11-16(12-14-17)9-8-15-22/h11-14,18-20,22H,4-10,15H2,1-3H3. The first-order chi connectivity index (χ1) is 12.6. The summed E-state index contributed by atoms with van der Waals surface area (Å²) in [5.74, 6) is -0.455. The van der Waals surface area contributed by atoms with Crippen LogP contribution in [0.5, 0.6) is 0 Å². The maximum atomic E-state index is 11.8. The Bertz CT molecular complexity index is 499. The topological polar surface area (TPSA) is 81.8 Å². The minimum Gasteiger partial charge on any atom is -0.396 e. The number of benzene rings is 1. The van der Waals surface area contributed by atoms with Crippen LogP contribution in [0.3, 0.4) is 0 Å². The van der Waals surface area contributed by atoms with E-state index in [0.29, 0.717) is 26.1 Å². The van der Waals surface area contributed by atoms with E-state index in [4.69, 9.17) is 14.6 Å². The molecule has 0 saturated heterocycles. The van der Waals surface area contributed by atoms with Crippen molar-refractivity contribution in [1.29, 1.82) is 0 Å². The highest BCUT2D eigenvalue weighted by atomic mass is 16.7. The van der Waals surface area contributed by atoms with E-state index >= 15 is 0 Å². The molecule has 0 fully saturated rings. The van der Waals surface area contributed by atoms with Gasteiger partial charge < -0.3 is 14.6 Å². The molecule has 0 heterocycles. The Morgan fingerprint density at radius 3 is 2.15 bits per heavy atom. The number of aryl methyl sites for hydroxylation is 1. The normalized spacial score (nSPS) is 13.7. The van der Waals surface area contributed by atoms with Gasteiger partial charge in [-0.3, -0.25) is 10.1 Å². The third-order valence-corrected chi connectivity index (χ3v) is 4.48. The van der Waals surface area contributed by atoms with Gasteiger partial charge >= 0.3 is 0 Å². The molecule has 0 aliphatic rings. The van der Waals surface area contributed by atoms with Gasteiger partial charge in [0.25, 0.3) is 0 Å². The van der Waals surface area contributed by atoms with Gasteiger partial charge in [0.2, 0.25) is 6.04 Å². The van der Waals surface area contributed by atoms with Gasteiger partial charge in [-0.25, -0.2) is 0 Å². The molecule has 2 atom stereocenters. The SMILES string of the molecule is CCCCC(C(c1ccc(CCCO)cc1)C(OCC)OCC)[N+](=O)[O-]. The summed E-state index contributed by atoms with van der Waals surface area (Å²) < 4.78 is 11.5. The number of hydrogen-bond donors (Lipinski definition) is 1. The first kappa shape index (κ1) is 22.5. The monoisotopic (exact) mass is 367 g/mol. The van der Waals surface area contributed by atoms with Crippen LogP contribution in [0.4, 0.5) is 0 Å². The van der Waals surface area contributed by atoms with Crippen LogP contribution >= 0.6 is 0 Å². The molecule has 0 aliphatic carbocycles. The third kappa shape index (κ3) is 7.02. The molecular formula is C20H33NO5. The average Bonchev–Trinajstić information content (AvgIpc) is 2.64. The predicted molar refractivity (Wildman–Crippen MR) is 102 cm³/mol. The lowest BCUT2D eigenvalue weighted by atomic mass is 9.87. The molecule has 1 rings (SSSR count). The van der Waals surface area contributed by atoms with Gasteiger partial charge in [-0.05, 0) is 44.2 Å². The van der Waals surface area contributed by atoms with Gasteiger partial charge in [0.15, 0.2) is 6.29 Å². The van der Waals surface area contributed by atoms with Gasteiger partial charge in [0.1, 0.15) is 5.92 Å². The lowest BCUT2D eigenvalue weighted by Crippen LogP contribution is -2.38. The van der Waals surface area contributed by atoms with Crippen molar-refractivity contribution in [2.75, 3.05) is 19.8 Å². The molecule has 0 amide bonds. The fraction of sp³-hybridized carbons (Fsp3) is 0.700. The van der Waals surface area contributed by atoms with Gasteiger partial charge in [0.05, 0.1) is 0 Å². The summed E-state index contributed by atoms with van der Waals surface area (Å²) in [7, 11) is 0. The van der Waals surface area contributed by atoms with Crippen molar-refractivity contribution in [1.82, 2.24) is 0 Å². The van der Waals surface area contributed by atoms with Crippen molar-refractivity contribution < 1.29 is 19.5 Å². The van der Waals surface area contributed by atoms with Crippen LogP contribution in [-0.4, -0.2) is 42.2 Å². The van der Waals surface area contributed by atoms with E-state index in [1.165, 1.54) is 0 Å². The molecule has 0 spiro atoms. The van der Waals surface area contributed by atoms with Crippen LogP contribution in [-0.2, 0) is 15.9 Å². The lowest BCUT2D eigenvalue weighted by molar-refractivity contribution is -0.532. The van der Waals surface area contributed by atoms with Crippen LogP contribution in [0.25, 0.3) is 0 Å². The van der Waals surface area contributed by atoms with Crippen molar-refractivity contribution in [3.63, 3.8) is 0 Å². The van der Waals surface area contributed by atoms with E-state index in [0.717, 1.165) is 30.4 Å². The molecule has 26 heavy (non-hydrogen) atoms. The largest absolute Gasteiger partial charge is 0.396 e. The molecule has 148 valence electrons. The minimum atomic E-state index is -0.749. The number of rotatable bonds is 14. The Morgan fingerprint density at radius 1 is 1.08 bits per heavy atom. The molecule has 0 aliphatic heterocycles. The first-order valence-electron chi connectivity index (χ1n) is 9.65. The molecule has 0 bridgehead atoms. The summed E-state index contributed by atoms with van der Waals surface area (Å²) in [4.78, 5) is 11.6. The third-order valence-electron chi connectivity index (χ3n) is 4.48. The second-order valence-electron chi connectivity index (χ2n) is 6.37. The zero-order valence-corrected chi connectivity index (χ0v) is 16.2. The minimum absolute atomic E-state index is 0.154. The Hall–Kier alpha value is -1.50. The van der Waals surface area contributed by atoms with Crippen molar-refractivity contribution in [2.24, 2.45) is 0 Å². The van der Waals surface area contributed by atoms with Crippen LogP contribution in [0.2, 0.25) is 0 Å². The fourth-order valence-electron chi connectivity index (χ4n) is 3.16. The first-order valence-corrected chi connectivity index (χ1v) is 9.65. The number of nitro groups is 1. The molecule has 2 unspecified atom stereocenters. The second-order valence-corrected chi connectivity index (χ2v) is 6.37. The highest BCUT2D eigenvalue weighted by Crippen LogP contribution is 2.31. The average molecular weight is 367 g/mol. The van der Waals surface area contributed by atoms with E-state index in [1.807, 2.05) is 45.0 Å². The summed E-state index contributed by atoms with van der Waals surface area (Å²) >= 11 is 0. The van der Waals surface area contributed by atoms with Gasteiger partial charge in [-0.2, -0.15) is 0 Å².